The van der Waals surface area contributed by atoms with E-state index in [0.29, 0.717) is 38.2 Å². The smallest absolute Gasteiger partial charge is 0.306 e. The van der Waals surface area contributed by atoms with Crippen LogP contribution in [0.3, 0.4) is 0 Å². The van der Waals surface area contributed by atoms with E-state index in [1.54, 1.807) is 18.2 Å². The highest BCUT2D eigenvalue weighted by molar-refractivity contribution is 5.70. The highest BCUT2D eigenvalue weighted by Gasteiger charge is 2.18. The van der Waals surface area contributed by atoms with Crippen molar-refractivity contribution in [2.45, 2.75) is 38.1 Å². The van der Waals surface area contributed by atoms with Crippen LogP contribution < -0.4 is 15.2 Å². The number of pyridine rings is 1. The molecule has 0 saturated heterocycles. The first-order valence-corrected chi connectivity index (χ1v) is 10.9. The maximum atomic E-state index is 12.1. The number of esters is 1. The highest BCUT2D eigenvalue weighted by Crippen LogP contribution is 2.26. The number of carbonyl (C=O) groups excluding carboxylic acids is 1. The molecule has 2 N–H and O–H groups in total. The van der Waals surface area contributed by atoms with Crippen LogP contribution in [0.15, 0.2) is 79.0 Å². The zero-order valence-electron chi connectivity index (χ0n) is 18.4. The van der Waals surface area contributed by atoms with Gasteiger partial charge in [0, 0.05) is 18.6 Å². The Kier molecular flexibility index (Phi) is 8.63. The lowest BCUT2D eigenvalue weighted by Crippen LogP contribution is -2.35. The first kappa shape index (κ1) is 23.3. The summed E-state index contributed by atoms with van der Waals surface area (Å²) < 4.78 is 11.9. The first-order valence-electron chi connectivity index (χ1n) is 10.9. The van der Waals surface area contributed by atoms with Gasteiger partial charge < -0.3 is 20.4 Å². The van der Waals surface area contributed by atoms with E-state index >= 15 is 0 Å². The molecule has 0 amide bonds. The molecule has 168 valence electrons. The Hall–Kier alpha value is -3.38. The molecule has 0 fully saturated rings. The molecule has 32 heavy (non-hydrogen) atoms. The van der Waals surface area contributed by atoms with E-state index in [0.717, 1.165) is 21.6 Å². The van der Waals surface area contributed by atoms with Crippen LogP contribution in [-0.4, -0.2) is 19.2 Å². The van der Waals surface area contributed by atoms with Gasteiger partial charge in [-0.25, -0.2) is 0 Å². The van der Waals surface area contributed by atoms with Crippen molar-refractivity contribution in [2.24, 2.45) is 5.73 Å². The molecule has 3 aromatic rings. The second-order valence-corrected chi connectivity index (χ2v) is 7.66. The number of hydrogen-bond acceptors (Lipinski definition) is 5. The number of nitrogens with two attached hydrogens (primary N) is 1. The van der Waals surface area contributed by atoms with E-state index in [9.17, 15) is 10.0 Å². The normalized spacial score (nSPS) is 12.7. The fraction of sp³-hybridized carbons (Fsp3) is 0.308. The molecule has 0 saturated carbocycles. The third kappa shape index (κ3) is 6.82. The van der Waals surface area contributed by atoms with Crippen LogP contribution in [0.5, 0.6) is 5.75 Å². The minimum Gasteiger partial charge on any atom is -0.618 e. The van der Waals surface area contributed by atoms with Gasteiger partial charge in [-0.2, -0.15) is 4.73 Å². The van der Waals surface area contributed by atoms with Crippen LogP contribution in [-0.2, 0) is 16.0 Å². The number of nitrogens with zero attached hydrogens (tertiary/aromatic N) is 1. The number of carbonyl (C=O) groups is 1. The quantitative estimate of drug-likeness (QED) is 0.279. The molecule has 2 aromatic carbocycles. The highest BCUT2D eigenvalue weighted by atomic mass is 16.5. The van der Waals surface area contributed by atoms with Gasteiger partial charge in [0.2, 0.25) is 5.69 Å². The zero-order chi connectivity index (χ0) is 22.8. The van der Waals surface area contributed by atoms with Crippen LogP contribution >= 0.6 is 0 Å². The van der Waals surface area contributed by atoms with Gasteiger partial charge in [-0.15, -0.1) is 0 Å². The summed E-state index contributed by atoms with van der Waals surface area (Å²) in [6, 6.07) is 22.7. The summed E-state index contributed by atoms with van der Waals surface area (Å²) in [6.07, 6.45) is 2.98. The number of rotatable bonds is 11. The molecule has 0 bridgehead atoms. The standard InChI is InChI=1S/C26H30N2O4/c1-2-31-26(29)19-22(21-10-4-3-5-11-21)17-20-9-8-12-23(18-20)32-16-14-24(27)25-13-6-7-15-28(25)30/h3-13,15,18,22,24H,2,14,16-17,19,27H2,1H3. The first-order chi connectivity index (χ1) is 15.6. The molecule has 1 heterocycles. The third-order valence-electron chi connectivity index (χ3n) is 5.30. The van der Waals surface area contributed by atoms with E-state index in [4.69, 9.17) is 15.2 Å². The van der Waals surface area contributed by atoms with E-state index in [1.165, 1.54) is 6.20 Å². The lowest BCUT2D eigenvalue weighted by molar-refractivity contribution is -0.615. The Bertz CT molecular complexity index is 994. The lowest BCUT2D eigenvalue weighted by Gasteiger charge is -2.18. The Balaban J connectivity index is 1.62. The van der Waals surface area contributed by atoms with Crippen molar-refractivity contribution in [3.05, 3.63) is 101 Å². The Morgan fingerprint density at radius 3 is 2.59 bits per heavy atom. The van der Waals surface area contributed by atoms with Gasteiger partial charge in [0.15, 0.2) is 6.20 Å². The Morgan fingerprint density at radius 1 is 1.06 bits per heavy atom. The second kappa shape index (κ2) is 11.9. The summed E-state index contributed by atoms with van der Waals surface area (Å²) in [4.78, 5) is 12.1. The molecule has 2 unspecified atom stereocenters. The maximum Gasteiger partial charge on any atom is 0.306 e. The third-order valence-corrected chi connectivity index (χ3v) is 5.30. The average Bonchev–Trinajstić information content (AvgIpc) is 2.80. The minimum atomic E-state index is -0.399. The van der Waals surface area contributed by atoms with Crippen LogP contribution in [0.1, 0.15) is 48.5 Å². The molecule has 2 atom stereocenters. The van der Waals surface area contributed by atoms with Gasteiger partial charge in [0.1, 0.15) is 5.75 Å². The van der Waals surface area contributed by atoms with Gasteiger partial charge >= 0.3 is 5.97 Å². The van der Waals surface area contributed by atoms with Crippen molar-refractivity contribution in [1.82, 2.24) is 0 Å². The zero-order valence-corrected chi connectivity index (χ0v) is 18.4. The summed E-state index contributed by atoms with van der Waals surface area (Å²) in [5.41, 5.74) is 8.85. The molecular formula is C26H30N2O4. The van der Waals surface area contributed by atoms with Gasteiger partial charge in [-0.05, 0) is 48.6 Å². The molecule has 0 spiro atoms. The van der Waals surface area contributed by atoms with Crippen LogP contribution in [0.4, 0.5) is 0 Å². The van der Waals surface area contributed by atoms with Crippen LogP contribution in [0.25, 0.3) is 0 Å². The second-order valence-electron chi connectivity index (χ2n) is 7.66. The van der Waals surface area contributed by atoms with Crippen molar-refractivity contribution < 1.29 is 19.0 Å². The van der Waals surface area contributed by atoms with Gasteiger partial charge in [-0.1, -0.05) is 42.5 Å². The largest absolute Gasteiger partial charge is 0.618 e. The van der Waals surface area contributed by atoms with Crippen molar-refractivity contribution in [2.75, 3.05) is 13.2 Å². The fourth-order valence-corrected chi connectivity index (χ4v) is 3.68. The van der Waals surface area contributed by atoms with E-state index in [1.807, 2.05) is 61.5 Å². The molecule has 0 aliphatic heterocycles. The molecule has 6 heteroatoms. The fourth-order valence-electron chi connectivity index (χ4n) is 3.68. The summed E-state index contributed by atoms with van der Waals surface area (Å²) in [5, 5.41) is 11.8. The van der Waals surface area contributed by atoms with Crippen molar-refractivity contribution in [1.29, 1.82) is 0 Å². The molecular weight excluding hydrogens is 404 g/mol. The average molecular weight is 435 g/mol. The molecule has 0 radical (unpaired) electrons. The predicted octanol–water partition coefficient (Wildman–Crippen LogP) is 4.07. The molecule has 0 aliphatic carbocycles. The number of aromatic nitrogens is 1. The monoisotopic (exact) mass is 434 g/mol. The summed E-state index contributed by atoms with van der Waals surface area (Å²) in [6.45, 7) is 2.59. The molecule has 1 aromatic heterocycles. The number of ether oxygens (including phenoxy) is 2. The molecule has 3 rings (SSSR count). The Labute approximate surface area is 189 Å². The lowest BCUT2D eigenvalue weighted by atomic mass is 9.89. The Morgan fingerprint density at radius 2 is 1.84 bits per heavy atom. The number of benzene rings is 2. The summed E-state index contributed by atoms with van der Waals surface area (Å²) >= 11 is 0. The maximum absolute atomic E-state index is 12.1. The van der Waals surface area contributed by atoms with E-state index in [2.05, 4.69) is 0 Å². The van der Waals surface area contributed by atoms with Gasteiger partial charge in [-0.3, -0.25) is 4.79 Å². The van der Waals surface area contributed by atoms with Crippen molar-refractivity contribution in [3.63, 3.8) is 0 Å². The summed E-state index contributed by atoms with van der Waals surface area (Å²) in [5.74, 6) is 0.560. The van der Waals surface area contributed by atoms with Crippen LogP contribution in [0, 0.1) is 5.21 Å². The number of hydrogen-bond donors (Lipinski definition) is 1. The molecule has 6 nitrogen and oxygen atoms in total. The SMILES string of the molecule is CCOC(=O)CC(Cc1cccc(OCCC(N)c2cccc[n+]2[O-])c1)c1ccccc1. The van der Waals surface area contributed by atoms with Gasteiger partial charge in [0.25, 0.3) is 0 Å². The van der Waals surface area contributed by atoms with Crippen molar-refractivity contribution in [3.8, 4) is 5.75 Å². The predicted molar refractivity (Wildman–Crippen MR) is 123 cm³/mol. The van der Waals surface area contributed by atoms with Crippen LogP contribution in [0.2, 0.25) is 0 Å². The topological polar surface area (TPSA) is 88.5 Å². The minimum absolute atomic E-state index is 0.0181. The van der Waals surface area contributed by atoms with Crippen molar-refractivity contribution >= 4 is 5.97 Å². The summed E-state index contributed by atoms with van der Waals surface area (Å²) in [7, 11) is 0. The van der Waals surface area contributed by atoms with E-state index < -0.39 is 6.04 Å². The van der Waals surface area contributed by atoms with E-state index in [-0.39, 0.29) is 11.9 Å². The van der Waals surface area contributed by atoms with Gasteiger partial charge in [0.05, 0.1) is 25.7 Å². The molecule has 0 aliphatic rings.